The van der Waals surface area contributed by atoms with E-state index in [1.54, 1.807) is 14.2 Å². The Labute approximate surface area is 107 Å². The molecule has 1 fully saturated rings. The predicted molar refractivity (Wildman–Crippen MR) is 69.3 cm³/mol. The number of benzene rings is 1. The first-order chi connectivity index (χ1) is 8.09. The first kappa shape index (κ1) is 12.5. The summed E-state index contributed by atoms with van der Waals surface area (Å²) in [6, 6.07) is 1.97. The summed E-state index contributed by atoms with van der Waals surface area (Å²) in [5, 5.41) is 0.646. The van der Waals surface area contributed by atoms with E-state index in [0.717, 1.165) is 24.0 Å². The zero-order chi connectivity index (χ0) is 12.6. The average Bonchev–Trinajstić information content (AvgIpc) is 3.09. The quantitative estimate of drug-likeness (QED) is 0.900. The van der Waals surface area contributed by atoms with Gasteiger partial charge in [-0.05, 0) is 37.0 Å². The maximum absolute atomic E-state index is 6.44. The van der Waals surface area contributed by atoms with Gasteiger partial charge in [-0.2, -0.15) is 0 Å². The van der Waals surface area contributed by atoms with Crippen LogP contribution in [0, 0.1) is 6.92 Å². The molecule has 0 saturated heterocycles. The van der Waals surface area contributed by atoms with E-state index in [9.17, 15) is 0 Å². The molecular formula is C13H18ClNO2. The van der Waals surface area contributed by atoms with E-state index in [-0.39, 0.29) is 5.41 Å². The first-order valence-corrected chi connectivity index (χ1v) is 6.09. The monoisotopic (exact) mass is 255 g/mol. The van der Waals surface area contributed by atoms with Crippen molar-refractivity contribution >= 4 is 11.6 Å². The fraction of sp³-hybridized carbons (Fsp3) is 0.538. The van der Waals surface area contributed by atoms with Crippen molar-refractivity contribution in [1.82, 2.24) is 0 Å². The van der Waals surface area contributed by atoms with Gasteiger partial charge in [-0.25, -0.2) is 0 Å². The molecule has 1 saturated carbocycles. The van der Waals surface area contributed by atoms with Gasteiger partial charge in [0.15, 0.2) is 11.5 Å². The second-order valence-electron chi connectivity index (χ2n) is 4.60. The molecule has 1 aromatic carbocycles. The minimum atomic E-state index is 0.0563. The van der Waals surface area contributed by atoms with Crippen LogP contribution in [0.1, 0.15) is 24.0 Å². The molecule has 94 valence electrons. The molecule has 0 amide bonds. The molecule has 17 heavy (non-hydrogen) atoms. The van der Waals surface area contributed by atoms with Crippen LogP contribution in [-0.2, 0) is 5.41 Å². The summed E-state index contributed by atoms with van der Waals surface area (Å²) in [7, 11) is 3.22. The molecule has 0 bridgehead atoms. The van der Waals surface area contributed by atoms with Crippen molar-refractivity contribution in [3.05, 3.63) is 22.2 Å². The Morgan fingerprint density at radius 1 is 1.35 bits per heavy atom. The Morgan fingerprint density at radius 2 is 2.00 bits per heavy atom. The Hall–Kier alpha value is -0.930. The summed E-state index contributed by atoms with van der Waals surface area (Å²) in [6.45, 7) is 2.67. The molecule has 1 aliphatic carbocycles. The molecule has 0 aliphatic heterocycles. The van der Waals surface area contributed by atoms with Crippen LogP contribution in [-0.4, -0.2) is 20.8 Å². The zero-order valence-corrected chi connectivity index (χ0v) is 11.2. The summed E-state index contributed by atoms with van der Waals surface area (Å²) < 4.78 is 10.6. The topological polar surface area (TPSA) is 44.5 Å². The second-order valence-corrected chi connectivity index (χ2v) is 4.98. The van der Waals surface area contributed by atoms with Crippen molar-refractivity contribution in [3.8, 4) is 11.5 Å². The lowest BCUT2D eigenvalue weighted by atomic mass is 9.91. The van der Waals surface area contributed by atoms with E-state index in [2.05, 4.69) is 0 Å². The summed E-state index contributed by atoms with van der Waals surface area (Å²) >= 11 is 6.44. The highest BCUT2D eigenvalue weighted by atomic mass is 35.5. The first-order valence-electron chi connectivity index (χ1n) is 5.71. The smallest absolute Gasteiger partial charge is 0.179 e. The van der Waals surface area contributed by atoms with E-state index in [1.165, 1.54) is 0 Å². The lowest BCUT2D eigenvalue weighted by molar-refractivity contribution is 0.354. The van der Waals surface area contributed by atoms with Crippen LogP contribution in [0.4, 0.5) is 0 Å². The molecule has 4 heteroatoms. The van der Waals surface area contributed by atoms with Gasteiger partial charge in [0.05, 0.1) is 19.2 Å². The van der Waals surface area contributed by atoms with Crippen molar-refractivity contribution in [2.24, 2.45) is 5.73 Å². The lowest BCUT2D eigenvalue weighted by Gasteiger charge is -2.21. The number of hydrogen-bond donors (Lipinski definition) is 1. The van der Waals surface area contributed by atoms with Gasteiger partial charge in [-0.1, -0.05) is 11.6 Å². The molecule has 0 spiro atoms. The molecule has 0 atom stereocenters. The SMILES string of the molecule is COc1cc(C)c(C2(CN)CC2)c(Cl)c1OC. The molecular weight excluding hydrogens is 238 g/mol. The predicted octanol–water partition coefficient (Wildman–Crippen LogP) is 2.66. The number of nitrogens with two attached hydrogens (primary N) is 1. The number of hydrogen-bond acceptors (Lipinski definition) is 3. The van der Waals surface area contributed by atoms with Crippen molar-refractivity contribution in [1.29, 1.82) is 0 Å². The van der Waals surface area contributed by atoms with Gasteiger partial charge in [-0.15, -0.1) is 0 Å². The minimum absolute atomic E-state index is 0.0563. The van der Waals surface area contributed by atoms with Crippen LogP contribution in [0.3, 0.4) is 0 Å². The summed E-state index contributed by atoms with van der Waals surface area (Å²) in [5.74, 6) is 1.28. The average molecular weight is 256 g/mol. The van der Waals surface area contributed by atoms with E-state index >= 15 is 0 Å². The molecule has 1 aromatic rings. The molecule has 0 radical (unpaired) electrons. The van der Waals surface area contributed by atoms with Crippen LogP contribution >= 0.6 is 11.6 Å². The molecule has 2 N–H and O–H groups in total. The van der Waals surface area contributed by atoms with E-state index < -0.39 is 0 Å². The standard InChI is InChI=1S/C13H18ClNO2/c1-8-6-9(16-2)12(17-3)11(14)10(8)13(7-15)4-5-13/h6H,4-5,7,15H2,1-3H3. The maximum Gasteiger partial charge on any atom is 0.179 e. The zero-order valence-electron chi connectivity index (χ0n) is 10.5. The molecule has 3 nitrogen and oxygen atoms in total. The number of rotatable bonds is 4. The third-order valence-corrected chi connectivity index (χ3v) is 3.94. The number of aryl methyl sites for hydroxylation is 1. The van der Waals surface area contributed by atoms with Gasteiger partial charge >= 0.3 is 0 Å². The van der Waals surface area contributed by atoms with Crippen LogP contribution in [0.2, 0.25) is 5.02 Å². The second kappa shape index (κ2) is 4.39. The fourth-order valence-electron chi connectivity index (χ4n) is 2.43. The fourth-order valence-corrected chi connectivity index (χ4v) is 2.95. The number of halogens is 1. The van der Waals surface area contributed by atoms with Crippen LogP contribution in [0.25, 0.3) is 0 Å². The van der Waals surface area contributed by atoms with Gasteiger partial charge in [0, 0.05) is 12.0 Å². The Morgan fingerprint density at radius 3 is 2.41 bits per heavy atom. The van der Waals surface area contributed by atoms with Crippen LogP contribution in [0.5, 0.6) is 11.5 Å². The molecule has 0 heterocycles. The Kier molecular flexibility index (Phi) is 3.23. The molecule has 0 unspecified atom stereocenters. The highest BCUT2D eigenvalue weighted by Crippen LogP contribution is 2.54. The molecule has 2 rings (SSSR count). The number of methoxy groups -OCH3 is 2. The third-order valence-electron chi connectivity index (χ3n) is 3.58. The van der Waals surface area contributed by atoms with Gasteiger partial charge in [0.25, 0.3) is 0 Å². The highest BCUT2D eigenvalue weighted by molar-refractivity contribution is 6.33. The van der Waals surface area contributed by atoms with E-state index in [4.69, 9.17) is 26.8 Å². The van der Waals surface area contributed by atoms with Crippen LogP contribution < -0.4 is 15.2 Å². The number of ether oxygens (including phenoxy) is 2. The van der Waals surface area contributed by atoms with Crippen molar-refractivity contribution < 1.29 is 9.47 Å². The maximum atomic E-state index is 6.44. The highest BCUT2D eigenvalue weighted by Gasteiger charge is 2.46. The van der Waals surface area contributed by atoms with Gasteiger partial charge in [-0.3, -0.25) is 0 Å². The third kappa shape index (κ3) is 1.87. The summed E-state index contributed by atoms with van der Waals surface area (Å²) in [4.78, 5) is 0. The van der Waals surface area contributed by atoms with E-state index in [1.807, 2.05) is 13.0 Å². The largest absolute Gasteiger partial charge is 0.493 e. The normalized spacial score (nSPS) is 16.8. The summed E-state index contributed by atoms with van der Waals surface area (Å²) in [6.07, 6.45) is 2.19. The molecule has 0 aromatic heterocycles. The van der Waals surface area contributed by atoms with Crippen LogP contribution in [0.15, 0.2) is 6.07 Å². The summed E-state index contributed by atoms with van der Waals surface area (Å²) in [5.41, 5.74) is 8.17. The van der Waals surface area contributed by atoms with Gasteiger partial charge in [0.2, 0.25) is 0 Å². The minimum Gasteiger partial charge on any atom is -0.493 e. The van der Waals surface area contributed by atoms with Gasteiger partial charge in [0.1, 0.15) is 0 Å². The Balaban J connectivity index is 2.61. The van der Waals surface area contributed by atoms with Gasteiger partial charge < -0.3 is 15.2 Å². The van der Waals surface area contributed by atoms with Crippen molar-refractivity contribution in [2.75, 3.05) is 20.8 Å². The lowest BCUT2D eigenvalue weighted by Crippen LogP contribution is -2.21. The van der Waals surface area contributed by atoms with Crippen molar-refractivity contribution in [2.45, 2.75) is 25.2 Å². The Bertz CT molecular complexity index is 442. The molecule has 1 aliphatic rings. The van der Waals surface area contributed by atoms with E-state index in [0.29, 0.717) is 23.1 Å². The van der Waals surface area contributed by atoms with Crippen molar-refractivity contribution in [3.63, 3.8) is 0 Å².